The molecule has 2 aliphatic rings. The van der Waals surface area contributed by atoms with Gasteiger partial charge in [0.15, 0.2) is 5.82 Å². The summed E-state index contributed by atoms with van der Waals surface area (Å²) in [5, 5.41) is 3.80. The Morgan fingerprint density at radius 1 is 1.48 bits per heavy atom. The maximum absolute atomic E-state index is 12.4. The van der Waals surface area contributed by atoms with Gasteiger partial charge in [0.25, 0.3) is 5.89 Å². The van der Waals surface area contributed by atoms with Crippen LogP contribution in [0.1, 0.15) is 37.5 Å². The average Bonchev–Trinajstić information content (AvgIpc) is 3.19. The van der Waals surface area contributed by atoms with Crippen LogP contribution in [0.3, 0.4) is 0 Å². The summed E-state index contributed by atoms with van der Waals surface area (Å²) in [6.07, 6.45) is 2.25. The molecule has 1 aliphatic heterocycles. The van der Waals surface area contributed by atoms with Gasteiger partial charge in [-0.2, -0.15) is 4.98 Å². The van der Waals surface area contributed by atoms with Crippen molar-refractivity contribution in [2.75, 3.05) is 26.4 Å². The van der Waals surface area contributed by atoms with Crippen LogP contribution in [0, 0.1) is 12.8 Å². The molecular formula is C14H21N3O4. The number of morpholine rings is 1. The summed E-state index contributed by atoms with van der Waals surface area (Å²) in [4.78, 5) is 18.4. The fourth-order valence-electron chi connectivity index (χ4n) is 2.55. The molecule has 0 radical (unpaired) electrons. The fourth-order valence-corrected chi connectivity index (χ4v) is 2.55. The van der Waals surface area contributed by atoms with Crippen LogP contribution >= 0.6 is 0 Å². The van der Waals surface area contributed by atoms with Crippen molar-refractivity contribution in [3.63, 3.8) is 0 Å². The first kappa shape index (κ1) is 14.5. The normalized spacial score (nSPS) is 26.1. The maximum Gasteiger partial charge on any atom is 0.252 e. The smallest absolute Gasteiger partial charge is 0.252 e. The van der Waals surface area contributed by atoms with Gasteiger partial charge >= 0.3 is 0 Å². The number of aromatic nitrogens is 2. The molecule has 2 atom stereocenters. The molecule has 0 spiro atoms. The zero-order valence-electron chi connectivity index (χ0n) is 12.4. The molecule has 116 valence electrons. The summed E-state index contributed by atoms with van der Waals surface area (Å²) in [6, 6.07) is -0.336. The minimum Gasteiger partial charge on any atom is -0.374 e. The molecule has 1 aromatic rings. The minimum absolute atomic E-state index is 0.0494. The van der Waals surface area contributed by atoms with E-state index in [9.17, 15) is 4.79 Å². The number of carbonyl (C=O) groups excluding carboxylic acids is 1. The Balaban J connectivity index is 1.66. The topological polar surface area (TPSA) is 77.7 Å². The Morgan fingerprint density at radius 3 is 2.95 bits per heavy atom. The summed E-state index contributed by atoms with van der Waals surface area (Å²) in [6.45, 7) is 5.48. The highest BCUT2D eigenvalue weighted by Gasteiger charge is 2.37. The van der Waals surface area contributed by atoms with E-state index in [1.54, 1.807) is 11.8 Å². The first-order valence-electron chi connectivity index (χ1n) is 7.44. The van der Waals surface area contributed by atoms with Gasteiger partial charge in [0.1, 0.15) is 12.6 Å². The van der Waals surface area contributed by atoms with Gasteiger partial charge < -0.3 is 18.9 Å². The first-order valence-corrected chi connectivity index (χ1v) is 7.44. The number of hydrogen-bond donors (Lipinski definition) is 0. The molecule has 0 unspecified atom stereocenters. The third kappa shape index (κ3) is 3.41. The van der Waals surface area contributed by atoms with E-state index in [0.717, 1.165) is 0 Å². The van der Waals surface area contributed by atoms with Crippen molar-refractivity contribution in [2.24, 2.45) is 5.92 Å². The second kappa shape index (κ2) is 6.11. The second-order valence-electron chi connectivity index (χ2n) is 5.75. The van der Waals surface area contributed by atoms with Crippen molar-refractivity contribution in [2.45, 2.75) is 38.8 Å². The van der Waals surface area contributed by atoms with Crippen molar-refractivity contribution in [1.82, 2.24) is 15.0 Å². The first-order chi connectivity index (χ1) is 10.1. The lowest BCUT2D eigenvalue weighted by Gasteiger charge is -2.37. The van der Waals surface area contributed by atoms with Gasteiger partial charge in [-0.1, -0.05) is 5.16 Å². The van der Waals surface area contributed by atoms with E-state index >= 15 is 0 Å². The van der Waals surface area contributed by atoms with Crippen LogP contribution in [-0.2, 0) is 14.3 Å². The molecule has 7 nitrogen and oxygen atoms in total. The zero-order valence-corrected chi connectivity index (χ0v) is 12.4. The lowest BCUT2D eigenvalue weighted by atomic mass is 10.1. The van der Waals surface area contributed by atoms with Crippen LogP contribution in [-0.4, -0.2) is 53.4 Å². The number of nitrogens with zero attached hydrogens (tertiary/aromatic N) is 3. The van der Waals surface area contributed by atoms with Gasteiger partial charge in [0.05, 0.1) is 19.3 Å². The van der Waals surface area contributed by atoms with Crippen LogP contribution in [0.4, 0.5) is 0 Å². The second-order valence-corrected chi connectivity index (χ2v) is 5.75. The molecule has 1 aromatic heterocycles. The predicted molar refractivity (Wildman–Crippen MR) is 72.4 cm³/mol. The van der Waals surface area contributed by atoms with Gasteiger partial charge in [0.2, 0.25) is 5.91 Å². The molecule has 1 amide bonds. The Labute approximate surface area is 123 Å². The van der Waals surface area contributed by atoms with Gasteiger partial charge in [-0.15, -0.1) is 0 Å². The summed E-state index contributed by atoms with van der Waals surface area (Å²) in [5.41, 5.74) is 0. The van der Waals surface area contributed by atoms with Crippen LogP contribution < -0.4 is 0 Å². The molecule has 2 heterocycles. The molecule has 7 heteroatoms. The Kier molecular flexibility index (Phi) is 4.21. The minimum atomic E-state index is -0.336. The third-order valence-corrected chi connectivity index (χ3v) is 3.89. The third-order valence-electron chi connectivity index (χ3n) is 3.89. The molecule has 0 N–H and O–H groups in total. The highest BCUT2D eigenvalue weighted by Crippen LogP contribution is 2.30. The van der Waals surface area contributed by atoms with Crippen molar-refractivity contribution >= 4 is 5.91 Å². The molecule has 1 saturated heterocycles. The average molecular weight is 295 g/mol. The van der Waals surface area contributed by atoms with E-state index in [1.165, 1.54) is 12.8 Å². The summed E-state index contributed by atoms with van der Waals surface area (Å²) < 4.78 is 16.4. The number of ether oxygens (including phenoxy) is 2. The van der Waals surface area contributed by atoms with Crippen molar-refractivity contribution in [3.05, 3.63) is 11.7 Å². The monoisotopic (exact) mass is 295 g/mol. The largest absolute Gasteiger partial charge is 0.374 e. The molecular weight excluding hydrogens is 274 g/mol. The highest BCUT2D eigenvalue weighted by atomic mass is 16.5. The molecule has 2 fully saturated rings. The Hall–Kier alpha value is -1.47. The van der Waals surface area contributed by atoms with E-state index in [1.807, 2.05) is 6.92 Å². The summed E-state index contributed by atoms with van der Waals surface area (Å²) >= 11 is 0. The fraction of sp³-hybridized carbons (Fsp3) is 0.786. The molecule has 21 heavy (non-hydrogen) atoms. The van der Waals surface area contributed by atoms with Crippen molar-refractivity contribution in [3.8, 4) is 0 Å². The van der Waals surface area contributed by atoms with Gasteiger partial charge in [-0.05, 0) is 32.6 Å². The lowest BCUT2D eigenvalue weighted by Crippen LogP contribution is -2.48. The Morgan fingerprint density at radius 2 is 2.29 bits per heavy atom. The van der Waals surface area contributed by atoms with E-state index in [4.69, 9.17) is 14.0 Å². The van der Waals surface area contributed by atoms with Gasteiger partial charge in [0, 0.05) is 6.54 Å². The van der Waals surface area contributed by atoms with E-state index in [0.29, 0.717) is 37.4 Å². The maximum atomic E-state index is 12.4. The van der Waals surface area contributed by atoms with E-state index in [2.05, 4.69) is 10.1 Å². The number of rotatable bonds is 5. The van der Waals surface area contributed by atoms with Crippen molar-refractivity contribution < 1.29 is 18.8 Å². The molecule has 3 rings (SSSR count). The molecule has 1 saturated carbocycles. The summed E-state index contributed by atoms with van der Waals surface area (Å²) in [7, 11) is 0. The summed E-state index contributed by atoms with van der Waals surface area (Å²) in [5.74, 6) is 1.58. The van der Waals surface area contributed by atoms with E-state index in [-0.39, 0.29) is 24.7 Å². The lowest BCUT2D eigenvalue weighted by molar-refractivity contribution is -0.152. The van der Waals surface area contributed by atoms with E-state index < -0.39 is 0 Å². The predicted octanol–water partition coefficient (Wildman–Crippen LogP) is 1.09. The molecule has 0 bridgehead atoms. The zero-order chi connectivity index (χ0) is 14.8. The SMILES string of the molecule is Cc1noc([C@@H]2[C@@H](C)OCCN2C(=O)COCC2CC2)n1. The number of hydrogen-bond acceptors (Lipinski definition) is 6. The molecule has 1 aliphatic carbocycles. The van der Waals surface area contributed by atoms with Gasteiger partial charge in [-0.25, -0.2) is 0 Å². The number of amides is 1. The van der Waals surface area contributed by atoms with Crippen LogP contribution in [0.5, 0.6) is 0 Å². The van der Waals surface area contributed by atoms with Gasteiger partial charge in [-0.3, -0.25) is 4.79 Å². The van der Waals surface area contributed by atoms with Crippen LogP contribution in [0.2, 0.25) is 0 Å². The molecule has 0 aromatic carbocycles. The Bertz CT molecular complexity index is 500. The number of carbonyl (C=O) groups is 1. The van der Waals surface area contributed by atoms with Crippen LogP contribution in [0.15, 0.2) is 4.52 Å². The quantitative estimate of drug-likeness (QED) is 0.809. The van der Waals surface area contributed by atoms with Crippen LogP contribution in [0.25, 0.3) is 0 Å². The highest BCUT2D eigenvalue weighted by molar-refractivity contribution is 5.78. The standard InChI is InChI=1S/C14H21N3O4/c1-9-13(14-15-10(2)16-21-14)17(5-6-20-9)12(18)8-19-7-11-3-4-11/h9,11,13H,3-8H2,1-2H3/t9-,13+/m1/s1. The number of aryl methyl sites for hydroxylation is 1. The van der Waals surface area contributed by atoms with Crippen molar-refractivity contribution in [1.29, 1.82) is 0 Å².